The van der Waals surface area contributed by atoms with Gasteiger partial charge in [0.05, 0.1) is 10.6 Å². The topological polar surface area (TPSA) is 54.5 Å². The lowest BCUT2D eigenvalue weighted by Gasteiger charge is -2.24. The Hall–Kier alpha value is -0.850. The molecule has 21 heavy (non-hydrogen) atoms. The minimum Gasteiger partial charge on any atom is -0.339 e. The highest BCUT2D eigenvalue weighted by molar-refractivity contribution is 8.13. The summed E-state index contributed by atoms with van der Waals surface area (Å²) < 4.78 is 36.7. The molecule has 1 fully saturated rings. The summed E-state index contributed by atoms with van der Waals surface area (Å²) in [5.41, 5.74) is -0.340. The van der Waals surface area contributed by atoms with Crippen LogP contribution in [0.5, 0.6) is 0 Å². The minimum absolute atomic E-state index is 0.0450. The van der Waals surface area contributed by atoms with Gasteiger partial charge in [0.15, 0.2) is 0 Å². The van der Waals surface area contributed by atoms with Crippen LogP contribution in [0.2, 0.25) is 5.02 Å². The Balaban J connectivity index is 2.41. The summed E-state index contributed by atoms with van der Waals surface area (Å²) in [6.07, 6.45) is 3.76. The van der Waals surface area contributed by atoms with Crippen LogP contribution in [-0.4, -0.2) is 32.3 Å². The third-order valence-corrected chi connectivity index (χ3v) is 5.49. The van der Waals surface area contributed by atoms with Crippen LogP contribution >= 0.6 is 22.3 Å². The zero-order valence-corrected chi connectivity index (χ0v) is 13.6. The number of rotatable bonds is 3. The first-order valence-corrected chi connectivity index (χ1v) is 9.11. The Morgan fingerprint density at radius 2 is 1.90 bits per heavy atom. The molecule has 1 amide bonds. The standard InChI is InChI=1S/C13H14Cl2FNO3S/c1-17(8-4-2-3-5-8)13(18)9-6-12(21(15,19)20)10(14)7-11(9)16/h6-8H,2-5H2,1H3. The maximum Gasteiger partial charge on any atom is 0.262 e. The molecule has 0 unspecified atom stereocenters. The van der Waals surface area contributed by atoms with Crippen molar-refractivity contribution >= 4 is 37.2 Å². The Labute approximate surface area is 132 Å². The van der Waals surface area contributed by atoms with E-state index in [-0.39, 0.29) is 16.6 Å². The monoisotopic (exact) mass is 353 g/mol. The van der Waals surface area contributed by atoms with Crippen molar-refractivity contribution in [3.05, 3.63) is 28.5 Å². The van der Waals surface area contributed by atoms with Gasteiger partial charge in [0.25, 0.3) is 15.0 Å². The van der Waals surface area contributed by atoms with Crippen molar-refractivity contribution in [3.63, 3.8) is 0 Å². The molecule has 1 aliphatic rings. The van der Waals surface area contributed by atoms with Gasteiger partial charge in [-0.25, -0.2) is 12.8 Å². The highest BCUT2D eigenvalue weighted by atomic mass is 35.7. The second kappa shape index (κ2) is 6.10. The van der Waals surface area contributed by atoms with Gasteiger partial charge in [-0.05, 0) is 25.0 Å². The SMILES string of the molecule is CN(C(=O)c1cc(S(=O)(=O)Cl)c(Cl)cc1F)C1CCCC1. The Bertz CT molecular complexity index is 672. The van der Waals surface area contributed by atoms with Gasteiger partial charge in [0.1, 0.15) is 10.7 Å². The van der Waals surface area contributed by atoms with Gasteiger partial charge in [-0.3, -0.25) is 4.79 Å². The fourth-order valence-corrected chi connectivity index (χ4v) is 4.03. The van der Waals surface area contributed by atoms with E-state index in [1.54, 1.807) is 7.05 Å². The molecule has 1 aliphatic carbocycles. The molecule has 0 aromatic heterocycles. The first-order valence-electron chi connectivity index (χ1n) is 6.42. The van der Waals surface area contributed by atoms with Crippen molar-refractivity contribution in [2.45, 2.75) is 36.6 Å². The molecule has 0 spiro atoms. The maximum atomic E-state index is 13.9. The quantitative estimate of drug-likeness (QED) is 0.782. The molecule has 1 aromatic rings. The fourth-order valence-electron chi connectivity index (χ4n) is 2.53. The van der Waals surface area contributed by atoms with Crippen molar-refractivity contribution in [3.8, 4) is 0 Å². The van der Waals surface area contributed by atoms with Gasteiger partial charge in [0, 0.05) is 23.8 Å². The predicted octanol–water partition coefficient (Wildman–Crippen LogP) is 3.42. The summed E-state index contributed by atoms with van der Waals surface area (Å²) in [4.78, 5) is 13.3. The number of hydrogen-bond donors (Lipinski definition) is 0. The molecule has 116 valence electrons. The molecule has 4 nitrogen and oxygen atoms in total. The Kier molecular flexibility index (Phi) is 4.80. The lowest BCUT2D eigenvalue weighted by Crippen LogP contribution is -2.35. The Morgan fingerprint density at radius 1 is 1.33 bits per heavy atom. The maximum absolute atomic E-state index is 13.9. The van der Waals surface area contributed by atoms with E-state index in [4.69, 9.17) is 22.3 Å². The van der Waals surface area contributed by atoms with Crippen LogP contribution in [0.1, 0.15) is 36.0 Å². The summed E-state index contributed by atoms with van der Waals surface area (Å²) in [6, 6.07) is 1.74. The summed E-state index contributed by atoms with van der Waals surface area (Å²) in [6.45, 7) is 0. The first kappa shape index (κ1) is 16.5. The van der Waals surface area contributed by atoms with E-state index in [1.807, 2.05) is 0 Å². The zero-order valence-electron chi connectivity index (χ0n) is 11.3. The largest absolute Gasteiger partial charge is 0.339 e. The predicted molar refractivity (Wildman–Crippen MR) is 78.8 cm³/mol. The molecule has 8 heteroatoms. The van der Waals surface area contributed by atoms with Gasteiger partial charge in [-0.2, -0.15) is 0 Å². The van der Waals surface area contributed by atoms with E-state index in [0.717, 1.165) is 37.8 Å². The number of benzene rings is 1. The third kappa shape index (κ3) is 3.49. The lowest BCUT2D eigenvalue weighted by atomic mass is 10.1. The number of halogens is 3. The van der Waals surface area contributed by atoms with Crippen molar-refractivity contribution in [2.24, 2.45) is 0 Å². The molecule has 0 radical (unpaired) electrons. The van der Waals surface area contributed by atoms with Crippen molar-refractivity contribution in [2.75, 3.05) is 7.05 Å². The van der Waals surface area contributed by atoms with E-state index in [0.29, 0.717) is 0 Å². The average molecular weight is 354 g/mol. The summed E-state index contributed by atoms with van der Waals surface area (Å²) in [5, 5.41) is -0.345. The van der Waals surface area contributed by atoms with Crippen LogP contribution in [0, 0.1) is 5.82 Å². The number of nitrogens with zero attached hydrogens (tertiary/aromatic N) is 1. The molecule has 1 aromatic carbocycles. The van der Waals surface area contributed by atoms with E-state index < -0.39 is 25.7 Å². The van der Waals surface area contributed by atoms with Gasteiger partial charge in [-0.1, -0.05) is 24.4 Å². The first-order chi connectivity index (χ1) is 9.71. The van der Waals surface area contributed by atoms with Crippen LogP contribution in [-0.2, 0) is 9.05 Å². The lowest BCUT2D eigenvalue weighted by molar-refractivity contribution is 0.0730. The Morgan fingerprint density at radius 3 is 2.43 bits per heavy atom. The van der Waals surface area contributed by atoms with Gasteiger partial charge in [0.2, 0.25) is 0 Å². The van der Waals surface area contributed by atoms with Gasteiger partial charge >= 0.3 is 0 Å². The van der Waals surface area contributed by atoms with Gasteiger partial charge < -0.3 is 4.90 Å². The van der Waals surface area contributed by atoms with E-state index >= 15 is 0 Å². The summed E-state index contributed by atoms with van der Waals surface area (Å²) in [7, 11) is 2.68. The van der Waals surface area contributed by atoms with Crippen molar-refractivity contribution in [1.82, 2.24) is 4.90 Å². The normalized spacial score (nSPS) is 16.2. The van der Waals surface area contributed by atoms with Crippen molar-refractivity contribution < 1.29 is 17.6 Å². The van der Waals surface area contributed by atoms with E-state index in [1.165, 1.54) is 4.90 Å². The summed E-state index contributed by atoms with van der Waals surface area (Å²) in [5.74, 6) is -1.43. The third-order valence-electron chi connectivity index (χ3n) is 3.71. The van der Waals surface area contributed by atoms with Crippen LogP contribution in [0.4, 0.5) is 4.39 Å². The van der Waals surface area contributed by atoms with Crippen LogP contribution in [0.15, 0.2) is 17.0 Å². The molecular weight excluding hydrogens is 340 g/mol. The molecule has 2 rings (SSSR count). The van der Waals surface area contributed by atoms with E-state index in [9.17, 15) is 17.6 Å². The molecule has 1 saturated carbocycles. The van der Waals surface area contributed by atoms with Crippen molar-refractivity contribution in [1.29, 1.82) is 0 Å². The number of hydrogen-bond acceptors (Lipinski definition) is 3. The van der Waals surface area contributed by atoms with Gasteiger partial charge in [-0.15, -0.1) is 0 Å². The highest BCUT2D eigenvalue weighted by Gasteiger charge is 2.28. The second-order valence-corrected chi connectivity index (χ2v) is 8.00. The minimum atomic E-state index is -4.15. The number of amides is 1. The van der Waals surface area contributed by atoms with Crippen LogP contribution < -0.4 is 0 Å². The summed E-state index contributed by atoms with van der Waals surface area (Å²) >= 11 is 5.67. The molecule has 0 heterocycles. The molecule has 0 atom stereocenters. The number of carbonyl (C=O) groups is 1. The molecule has 0 N–H and O–H groups in total. The van der Waals surface area contributed by atoms with Crippen LogP contribution in [0.25, 0.3) is 0 Å². The van der Waals surface area contributed by atoms with E-state index in [2.05, 4.69) is 0 Å². The molecular formula is C13H14Cl2FNO3S. The zero-order chi connectivity index (χ0) is 15.8. The molecule has 0 aliphatic heterocycles. The smallest absolute Gasteiger partial charge is 0.262 e. The average Bonchev–Trinajstić information content (AvgIpc) is 2.89. The highest BCUT2D eigenvalue weighted by Crippen LogP contribution is 2.29. The molecule has 0 bridgehead atoms. The molecule has 0 saturated heterocycles. The second-order valence-electron chi connectivity index (χ2n) is 5.05. The fraction of sp³-hybridized carbons (Fsp3) is 0.462. The van der Waals surface area contributed by atoms with Crippen LogP contribution in [0.3, 0.4) is 0 Å². The number of carbonyl (C=O) groups excluding carboxylic acids is 1.